The van der Waals surface area contributed by atoms with E-state index in [0.717, 1.165) is 11.1 Å². The van der Waals surface area contributed by atoms with Crippen LogP contribution in [0.3, 0.4) is 0 Å². The number of carbonyl (C=O) groups is 1. The van der Waals surface area contributed by atoms with Crippen molar-refractivity contribution in [1.29, 1.82) is 0 Å². The lowest BCUT2D eigenvalue weighted by molar-refractivity contribution is 0.171. The number of nitrogens with zero attached hydrogens (tertiary/aromatic N) is 1. The quantitative estimate of drug-likeness (QED) is 0.770. The first kappa shape index (κ1) is 20.2. The molecule has 0 fully saturated rings. The Bertz CT molecular complexity index is 847. The summed E-state index contributed by atoms with van der Waals surface area (Å²) >= 11 is 6.21. The number of likely N-dealkylation sites (N-methyl/N-ethyl adjacent to an activating group) is 1. The van der Waals surface area contributed by atoms with Crippen LogP contribution in [-0.4, -0.2) is 44.8 Å². The van der Waals surface area contributed by atoms with Crippen molar-refractivity contribution in [3.63, 3.8) is 0 Å². The molecular weight excluding hydrogens is 385 g/mol. The number of rotatable bonds is 6. The van der Waals surface area contributed by atoms with Gasteiger partial charge in [0.05, 0.1) is 11.1 Å². The Kier molecular flexibility index (Phi) is 6.59. The molecule has 1 atom stereocenters. The second kappa shape index (κ2) is 9.12. The summed E-state index contributed by atoms with van der Waals surface area (Å²) in [6.07, 6.45) is 0. The summed E-state index contributed by atoms with van der Waals surface area (Å²) < 4.78 is 24.5. The fourth-order valence-corrected chi connectivity index (χ4v) is 3.30. The van der Waals surface area contributed by atoms with E-state index in [0.29, 0.717) is 36.3 Å². The van der Waals surface area contributed by atoms with Crippen LogP contribution in [0.4, 0.5) is 9.18 Å². The molecule has 1 aliphatic rings. The fraction of sp³-hybridized carbons (Fsp3) is 0.350. The number of nitrogens with one attached hydrogen (secondary N) is 2. The Balaban J connectivity index is 1.56. The van der Waals surface area contributed by atoms with Gasteiger partial charge in [-0.25, -0.2) is 9.18 Å². The van der Waals surface area contributed by atoms with Gasteiger partial charge >= 0.3 is 6.03 Å². The van der Waals surface area contributed by atoms with Gasteiger partial charge < -0.3 is 25.0 Å². The van der Waals surface area contributed by atoms with E-state index in [2.05, 4.69) is 10.6 Å². The summed E-state index contributed by atoms with van der Waals surface area (Å²) in [5, 5.41) is 6.07. The van der Waals surface area contributed by atoms with Gasteiger partial charge in [0.15, 0.2) is 11.5 Å². The second-order valence-corrected chi connectivity index (χ2v) is 7.11. The summed E-state index contributed by atoms with van der Waals surface area (Å²) in [6.45, 7) is 1.55. The van der Waals surface area contributed by atoms with Gasteiger partial charge in [-0.1, -0.05) is 23.7 Å². The number of halogens is 2. The van der Waals surface area contributed by atoms with E-state index in [1.807, 2.05) is 25.1 Å². The molecule has 2 aromatic carbocycles. The molecule has 3 rings (SSSR count). The van der Waals surface area contributed by atoms with Crippen molar-refractivity contribution < 1.29 is 18.7 Å². The maximum atomic E-state index is 13.5. The lowest BCUT2D eigenvalue weighted by atomic mass is 10.1. The molecule has 1 unspecified atom stereocenters. The van der Waals surface area contributed by atoms with Crippen LogP contribution < -0.4 is 20.1 Å². The van der Waals surface area contributed by atoms with Gasteiger partial charge in [-0.15, -0.1) is 0 Å². The normalized spacial score (nSPS) is 13.9. The first-order chi connectivity index (χ1) is 13.4. The molecule has 150 valence electrons. The average Bonchev–Trinajstić information content (AvgIpc) is 2.66. The Labute approximate surface area is 168 Å². The van der Waals surface area contributed by atoms with Gasteiger partial charge in [0.2, 0.25) is 0 Å². The Morgan fingerprint density at radius 2 is 2.00 bits per heavy atom. The Morgan fingerprint density at radius 1 is 1.21 bits per heavy atom. The van der Waals surface area contributed by atoms with E-state index in [1.54, 1.807) is 18.2 Å². The molecule has 2 amide bonds. The molecule has 0 spiro atoms. The zero-order valence-corrected chi connectivity index (χ0v) is 16.6. The van der Waals surface area contributed by atoms with Crippen LogP contribution in [0.1, 0.15) is 17.2 Å². The molecule has 2 N–H and O–H groups in total. The van der Waals surface area contributed by atoms with Crippen molar-refractivity contribution in [2.24, 2.45) is 0 Å². The van der Waals surface area contributed by atoms with Crippen molar-refractivity contribution in [2.75, 3.05) is 33.9 Å². The van der Waals surface area contributed by atoms with Crippen LogP contribution in [0.2, 0.25) is 5.02 Å². The molecule has 2 aromatic rings. The minimum Gasteiger partial charge on any atom is -0.486 e. The molecule has 1 heterocycles. The van der Waals surface area contributed by atoms with Crippen molar-refractivity contribution in [3.05, 3.63) is 58.4 Å². The highest BCUT2D eigenvalue weighted by atomic mass is 35.5. The molecule has 0 saturated carbocycles. The first-order valence-electron chi connectivity index (χ1n) is 8.95. The second-order valence-electron chi connectivity index (χ2n) is 6.70. The van der Waals surface area contributed by atoms with E-state index in [4.69, 9.17) is 21.1 Å². The van der Waals surface area contributed by atoms with Crippen LogP contribution in [0.25, 0.3) is 0 Å². The highest BCUT2D eigenvalue weighted by Gasteiger charge is 2.18. The van der Waals surface area contributed by atoms with Crippen LogP contribution in [0.15, 0.2) is 36.4 Å². The topological polar surface area (TPSA) is 62.8 Å². The highest BCUT2D eigenvalue weighted by Crippen LogP contribution is 2.38. The summed E-state index contributed by atoms with van der Waals surface area (Å²) in [7, 11) is 3.76. The van der Waals surface area contributed by atoms with E-state index in [1.165, 1.54) is 12.1 Å². The van der Waals surface area contributed by atoms with Gasteiger partial charge in [0.1, 0.15) is 19.0 Å². The zero-order valence-electron chi connectivity index (χ0n) is 15.8. The summed E-state index contributed by atoms with van der Waals surface area (Å²) in [5.41, 5.74) is 1.60. The summed E-state index contributed by atoms with van der Waals surface area (Å²) in [6, 6.07) is 9.44. The standard InChI is InChI=1S/C20H23ClFN3O3/c1-25(2)17(14-4-3-5-15(22)10-14)12-24-20(26)23-11-13-8-16(21)19-18(9-13)27-6-7-28-19/h3-5,8-10,17H,6-7,11-12H2,1-2H3,(H2,23,24,26). The Hall–Kier alpha value is -2.51. The van der Waals surface area contributed by atoms with Crippen LogP contribution >= 0.6 is 11.6 Å². The summed E-state index contributed by atoms with van der Waals surface area (Å²) in [4.78, 5) is 14.1. The lowest BCUT2D eigenvalue weighted by Crippen LogP contribution is -2.40. The third-order valence-electron chi connectivity index (χ3n) is 4.42. The van der Waals surface area contributed by atoms with E-state index >= 15 is 0 Å². The number of hydrogen-bond acceptors (Lipinski definition) is 4. The van der Waals surface area contributed by atoms with Crippen molar-refractivity contribution >= 4 is 17.6 Å². The van der Waals surface area contributed by atoms with E-state index in [-0.39, 0.29) is 24.4 Å². The highest BCUT2D eigenvalue weighted by molar-refractivity contribution is 6.32. The minimum absolute atomic E-state index is 0.148. The molecule has 0 saturated heterocycles. The van der Waals surface area contributed by atoms with Gasteiger partial charge in [-0.3, -0.25) is 0 Å². The van der Waals surface area contributed by atoms with E-state index in [9.17, 15) is 9.18 Å². The van der Waals surface area contributed by atoms with Gasteiger partial charge in [0.25, 0.3) is 0 Å². The van der Waals surface area contributed by atoms with Crippen molar-refractivity contribution in [3.8, 4) is 11.5 Å². The molecule has 8 heteroatoms. The molecule has 0 aromatic heterocycles. The third kappa shape index (κ3) is 5.05. The molecular formula is C20H23ClFN3O3. The molecule has 0 bridgehead atoms. The maximum absolute atomic E-state index is 13.5. The predicted molar refractivity (Wildman–Crippen MR) is 106 cm³/mol. The van der Waals surface area contributed by atoms with Crippen molar-refractivity contribution in [2.45, 2.75) is 12.6 Å². The third-order valence-corrected chi connectivity index (χ3v) is 4.70. The fourth-order valence-electron chi connectivity index (χ4n) is 3.01. The number of urea groups is 1. The molecule has 0 aliphatic carbocycles. The molecule has 6 nitrogen and oxygen atoms in total. The number of carbonyl (C=O) groups excluding carboxylic acids is 1. The first-order valence-corrected chi connectivity index (χ1v) is 9.33. The van der Waals surface area contributed by atoms with Crippen LogP contribution in [0.5, 0.6) is 11.5 Å². The maximum Gasteiger partial charge on any atom is 0.315 e. The smallest absolute Gasteiger partial charge is 0.315 e. The summed E-state index contributed by atoms with van der Waals surface area (Å²) in [5.74, 6) is 0.809. The number of hydrogen-bond donors (Lipinski definition) is 2. The predicted octanol–water partition coefficient (Wildman–Crippen LogP) is 3.35. The molecule has 0 radical (unpaired) electrons. The monoisotopic (exact) mass is 407 g/mol. The van der Waals surface area contributed by atoms with E-state index < -0.39 is 0 Å². The number of ether oxygens (including phenoxy) is 2. The van der Waals surface area contributed by atoms with Gasteiger partial charge in [0, 0.05) is 13.1 Å². The van der Waals surface area contributed by atoms with Crippen LogP contribution in [0, 0.1) is 5.82 Å². The largest absolute Gasteiger partial charge is 0.486 e. The lowest BCUT2D eigenvalue weighted by Gasteiger charge is -2.25. The van der Waals surface area contributed by atoms with Gasteiger partial charge in [-0.05, 0) is 49.5 Å². The van der Waals surface area contributed by atoms with Crippen molar-refractivity contribution in [1.82, 2.24) is 15.5 Å². The molecule has 28 heavy (non-hydrogen) atoms. The SMILES string of the molecule is CN(C)C(CNC(=O)NCc1cc(Cl)c2c(c1)OCCO2)c1cccc(F)c1. The zero-order chi connectivity index (χ0) is 20.1. The number of amides is 2. The van der Waals surface area contributed by atoms with Crippen LogP contribution in [-0.2, 0) is 6.54 Å². The number of fused-ring (bicyclic) bond motifs is 1. The number of benzene rings is 2. The average molecular weight is 408 g/mol. The minimum atomic E-state index is -0.325. The molecule has 1 aliphatic heterocycles. The Morgan fingerprint density at radius 3 is 2.75 bits per heavy atom. The van der Waals surface area contributed by atoms with Gasteiger partial charge in [-0.2, -0.15) is 0 Å².